The number of rotatable bonds is 9. The van der Waals surface area contributed by atoms with Gasteiger partial charge >= 0.3 is 0 Å². The van der Waals surface area contributed by atoms with Gasteiger partial charge in [0.15, 0.2) is 4.34 Å². The molecule has 3 rings (SSSR count). The van der Waals surface area contributed by atoms with Crippen molar-refractivity contribution in [3.63, 3.8) is 0 Å². The minimum atomic E-state index is 0.115. The van der Waals surface area contributed by atoms with Gasteiger partial charge in [-0.2, -0.15) is 0 Å². The monoisotopic (exact) mass is 443 g/mol. The first-order chi connectivity index (χ1) is 14.6. The van der Waals surface area contributed by atoms with E-state index in [2.05, 4.69) is 47.2 Å². The molecule has 1 saturated heterocycles. The Bertz CT molecular complexity index is 854. The van der Waals surface area contributed by atoms with Crippen molar-refractivity contribution in [2.45, 2.75) is 63.4 Å². The van der Waals surface area contributed by atoms with Crippen molar-refractivity contribution in [3.05, 3.63) is 52.0 Å². The van der Waals surface area contributed by atoms with E-state index in [4.69, 9.17) is 0 Å². The van der Waals surface area contributed by atoms with E-state index in [0.717, 1.165) is 55.4 Å². The first kappa shape index (κ1) is 23.0. The van der Waals surface area contributed by atoms with Gasteiger partial charge in [0.05, 0.1) is 11.4 Å². The summed E-state index contributed by atoms with van der Waals surface area (Å²) in [6.45, 7) is 9.52. The van der Waals surface area contributed by atoms with Gasteiger partial charge in [-0.05, 0) is 55.4 Å². The van der Waals surface area contributed by atoms with Crippen LogP contribution < -0.4 is 5.32 Å². The lowest BCUT2D eigenvalue weighted by Gasteiger charge is -2.32. The summed E-state index contributed by atoms with van der Waals surface area (Å²) in [5.41, 5.74) is 5.32. The van der Waals surface area contributed by atoms with E-state index in [0.29, 0.717) is 5.75 Å². The molecule has 1 amide bonds. The molecule has 2 heterocycles. The third kappa shape index (κ3) is 6.69. The SMILES string of the molecule is C/C=C/c1csc(SCC(=O)NC2CCN(Cc3ccc(CC)c(CC)c3)CC2)n1. The van der Waals surface area contributed by atoms with E-state index in [1.807, 2.05) is 24.5 Å². The van der Waals surface area contributed by atoms with Crippen LogP contribution in [-0.2, 0) is 24.2 Å². The fourth-order valence-electron chi connectivity index (χ4n) is 3.92. The maximum atomic E-state index is 12.3. The summed E-state index contributed by atoms with van der Waals surface area (Å²) in [7, 11) is 0. The Morgan fingerprint density at radius 1 is 1.27 bits per heavy atom. The molecule has 0 radical (unpaired) electrons. The molecule has 1 N–H and O–H groups in total. The molecule has 0 bridgehead atoms. The second kappa shape index (κ2) is 11.7. The van der Waals surface area contributed by atoms with Crippen LogP contribution in [0.25, 0.3) is 6.08 Å². The lowest BCUT2D eigenvalue weighted by atomic mass is 9.99. The molecule has 30 heavy (non-hydrogen) atoms. The van der Waals surface area contributed by atoms with Crippen molar-refractivity contribution in [1.82, 2.24) is 15.2 Å². The summed E-state index contributed by atoms with van der Waals surface area (Å²) in [5.74, 6) is 0.552. The van der Waals surface area contributed by atoms with Gasteiger partial charge < -0.3 is 5.32 Å². The van der Waals surface area contributed by atoms with Gasteiger partial charge in [-0.3, -0.25) is 9.69 Å². The molecule has 1 aliphatic rings. The highest BCUT2D eigenvalue weighted by atomic mass is 32.2. The first-order valence-corrected chi connectivity index (χ1v) is 12.8. The van der Waals surface area contributed by atoms with Crippen LogP contribution in [0.15, 0.2) is 34.0 Å². The van der Waals surface area contributed by atoms with Crippen molar-refractivity contribution in [3.8, 4) is 0 Å². The van der Waals surface area contributed by atoms with Crippen LogP contribution in [0, 0.1) is 0 Å². The summed E-state index contributed by atoms with van der Waals surface area (Å²) in [4.78, 5) is 19.3. The van der Waals surface area contributed by atoms with E-state index in [1.165, 1.54) is 28.5 Å². The molecular formula is C24H33N3OS2. The number of nitrogens with zero attached hydrogens (tertiary/aromatic N) is 2. The van der Waals surface area contributed by atoms with Crippen LogP contribution >= 0.6 is 23.1 Å². The van der Waals surface area contributed by atoms with Gasteiger partial charge in [-0.1, -0.05) is 49.9 Å². The zero-order chi connectivity index (χ0) is 21.3. The van der Waals surface area contributed by atoms with Crippen molar-refractivity contribution >= 4 is 35.1 Å². The van der Waals surface area contributed by atoms with Crippen LogP contribution in [0.2, 0.25) is 0 Å². The Morgan fingerprint density at radius 2 is 2.03 bits per heavy atom. The highest BCUT2D eigenvalue weighted by Gasteiger charge is 2.21. The highest BCUT2D eigenvalue weighted by molar-refractivity contribution is 8.01. The minimum Gasteiger partial charge on any atom is -0.353 e. The Kier molecular flexibility index (Phi) is 8.97. The number of hydrogen-bond donors (Lipinski definition) is 1. The van der Waals surface area contributed by atoms with Crippen LogP contribution in [-0.4, -0.2) is 40.7 Å². The fourth-order valence-corrected chi connectivity index (χ4v) is 5.54. The average Bonchev–Trinajstić information content (AvgIpc) is 3.21. The standard InChI is InChI=1S/C24H33N3OS2/c1-4-7-22-16-29-24(26-22)30-17-23(28)25-21-10-12-27(13-11-21)15-18-8-9-19(5-2)20(6-3)14-18/h4,7-9,14,16,21H,5-6,10-13,15,17H2,1-3H3,(H,25,28)/b7-4+. The number of hydrogen-bond acceptors (Lipinski definition) is 5. The normalized spacial score (nSPS) is 15.7. The average molecular weight is 444 g/mol. The number of thioether (sulfide) groups is 1. The number of nitrogens with one attached hydrogen (secondary N) is 1. The number of amides is 1. The first-order valence-electron chi connectivity index (χ1n) is 10.9. The zero-order valence-corrected chi connectivity index (χ0v) is 20.0. The van der Waals surface area contributed by atoms with Crippen molar-refractivity contribution < 1.29 is 4.79 Å². The smallest absolute Gasteiger partial charge is 0.230 e. The predicted octanol–water partition coefficient (Wildman–Crippen LogP) is 5.17. The molecule has 6 heteroatoms. The van der Waals surface area contributed by atoms with E-state index in [-0.39, 0.29) is 11.9 Å². The number of carbonyl (C=O) groups is 1. The van der Waals surface area contributed by atoms with Gasteiger partial charge in [0.1, 0.15) is 0 Å². The Morgan fingerprint density at radius 3 is 2.73 bits per heavy atom. The molecule has 0 aliphatic carbocycles. The zero-order valence-electron chi connectivity index (χ0n) is 18.3. The number of thiazole rings is 1. The summed E-state index contributed by atoms with van der Waals surface area (Å²) < 4.78 is 0.952. The van der Waals surface area contributed by atoms with E-state index in [1.54, 1.807) is 11.3 Å². The molecule has 0 unspecified atom stereocenters. The summed E-state index contributed by atoms with van der Waals surface area (Å²) in [6, 6.07) is 7.24. The maximum Gasteiger partial charge on any atom is 0.230 e. The van der Waals surface area contributed by atoms with Gasteiger partial charge in [-0.15, -0.1) is 11.3 Å². The van der Waals surface area contributed by atoms with E-state index < -0.39 is 0 Å². The van der Waals surface area contributed by atoms with Crippen LogP contribution in [0.1, 0.15) is 56.0 Å². The lowest BCUT2D eigenvalue weighted by Crippen LogP contribution is -2.44. The van der Waals surface area contributed by atoms with Crippen LogP contribution in [0.4, 0.5) is 0 Å². The molecule has 0 saturated carbocycles. The van der Waals surface area contributed by atoms with Crippen LogP contribution in [0.3, 0.4) is 0 Å². The maximum absolute atomic E-state index is 12.3. The molecular weight excluding hydrogens is 410 g/mol. The molecule has 1 aromatic heterocycles. The number of benzene rings is 1. The highest BCUT2D eigenvalue weighted by Crippen LogP contribution is 2.23. The molecule has 2 aromatic rings. The molecule has 1 aliphatic heterocycles. The van der Waals surface area contributed by atoms with E-state index >= 15 is 0 Å². The Labute approximate surface area is 189 Å². The van der Waals surface area contributed by atoms with Crippen molar-refractivity contribution in [2.75, 3.05) is 18.8 Å². The topological polar surface area (TPSA) is 45.2 Å². The molecule has 0 spiro atoms. The van der Waals surface area contributed by atoms with Gasteiger partial charge in [-0.25, -0.2) is 4.98 Å². The number of allylic oxidation sites excluding steroid dienone is 1. The molecule has 1 aromatic carbocycles. The van der Waals surface area contributed by atoms with Gasteiger partial charge in [0, 0.05) is 31.1 Å². The number of likely N-dealkylation sites (tertiary alicyclic amines) is 1. The fraction of sp³-hybridized carbons (Fsp3) is 0.500. The third-order valence-electron chi connectivity index (χ3n) is 5.56. The summed E-state index contributed by atoms with van der Waals surface area (Å²) in [6.07, 6.45) is 8.20. The molecule has 162 valence electrons. The predicted molar refractivity (Wildman–Crippen MR) is 129 cm³/mol. The summed E-state index contributed by atoms with van der Waals surface area (Å²) in [5, 5.41) is 5.24. The van der Waals surface area contributed by atoms with Gasteiger partial charge in [0.25, 0.3) is 0 Å². The van der Waals surface area contributed by atoms with Crippen molar-refractivity contribution in [2.24, 2.45) is 0 Å². The largest absolute Gasteiger partial charge is 0.353 e. The Hall–Kier alpha value is -1.63. The molecule has 0 atom stereocenters. The van der Waals surface area contributed by atoms with Crippen molar-refractivity contribution in [1.29, 1.82) is 0 Å². The number of aromatic nitrogens is 1. The van der Waals surface area contributed by atoms with E-state index in [9.17, 15) is 4.79 Å². The van der Waals surface area contributed by atoms with Crippen LogP contribution in [0.5, 0.6) is 0 Å². The Balaban J connectivity index is 1.40. The number of carbonyl (C=O) groups excluding carboxylic acids is 1. The number of piperidine rings is 1. The lowest BCUT2D eigenvalue weighted by molar-refractivity contribution is -0.119. The number of aryl methyl sites for hydroxylation is 2. The second-order valence-electron chi connectivity index (χ2n) is 7.76. The summed E-state index contributed by atoms with van der Waals surface area (Å²) >= 11 is 3.12. The second-order valence-corrected chi connectivity index (χ2v) is 9.84. The minimum absolute atomic E-state index is 0.115. The van der Waals surface area contributed by atoms with Gasteiger partial charge in [0.2, 0.25) is 5.91 Å². The molecule has 4 nitrogen and oxygen atoms in total. The third-order valence-corrected chi connectivity index (χ3v) is 7.60. The quantitative estimate of drug-likeness (QED) is 0.543. The molecule has 1 fully saturated rings.